The van der Waals surface area contributed by atoms with E-state index in [-0.39, 0.29) is 17.9 Å². The molecular formula is C27H23N3O5. The highest BCUT2D eigenvalue weighted by atomic mass is 16.5. The number of rotatable bonds is 6. The van der Waals surface area contributed by atoms with Gasteiger partial charge in [-0.25, -0.2) is 0 Å². The van der Waals surface area contributed by atoms with Gasteiger partial charge in [-0.1, -0.05) is 18.2 Å². The Morgan fingerprint density at radius 1 is 1.06 bits per heavy atom. The number of likely N-dealkylation sites (tertiary alicyclic amines) is 1. The van der Waals surface area contributed by atoms with Crippen molar-refractivity contribution in [2.45, 2.75) is 12.6 Å². The number of methoxy groups -OCH3 is 2. The molecule has 0 bridgehead atoms. The van der Waals surface area contributed by atoms with Gasteiger partial charge in [0.05, 0.1) is 31.4 Å². The number of benzene rings is 2. The number of aromatic nitrogens is 2. The molecular weight excluding hydrogens is 446 g/mol. The second-order valence-corrected chi connectivity index (χ2v) is 8.14. The summed E-state index contributed by atoms with van der Waals surface area (Å²) in [6.45, 7) is 0.174. The molecule has 0 spiro atoms. The van der Waals surface area contributed by atoms with E-state index in [0.29, 0.717) is 22.6 Å². The maximum Gasteiger partial charge on any atom is 0.295 e. The SMILES string of the molecule is COc1ccc(/C(O)=C2\C(=O)C(=O)N(Cc3ccncc3)C2c2c[nH]c3ccccc23)c(OC)c1. The van der Waals surface area contributed by atoms with Crippen LogP contribution in [0.15, 0.2) is 78.8 Å². The molecule has 0 aliphatic carbocycles. The molecule has 2 N–H and O–H groups in total. The Kier molecular flexibility index (Phi) is 5.70. The fraction of sp³-hybridized carbons (Fsp3) is 0.148. The van der Waals surface area contributed by atoms with Gasteiger partial charge in [-0.3, -0.25) is 14.6 Å². The molecule has 0 radical (unpaired) electrons. The van der Waals surface area contributed by atoms with Crippen LogP contribution in [0, 0.1) is 0 Å². The van der Waals surface area contributed by atoms with Crippen molar-refractivity contribution in [3.05, 3.63) is 95.5 Å². The number of para-hydroxylation sites is 1. The van der Waals surface area contributed by atoms with E-state index in [4.69, 9.17) is 9.47 Å². The molecule has 2 aromatic heterocycles. The molecule has 4 aromatic rings. The van der Waals surface area contributed by atoms with Gasteiger partial charge in [-0.15, -0.1) is 0 Å². The number of nitrogens with zero attached hydrogens (tertiary/aromatic N) is 2. The third kappa shape index (κ3) is 3.78. The lowest BCUT2D eigenvalue weighted by Gasteiger charge is -2.25. The number of aliphatic hydroxyl groups excluding tert-OH is 1. The number of Topliss-reactive ketones (excluding diaryl/α,β-unsaturated/α-hetero) is 1. The first-order valence-corrected chi connectivity index (χ1v) is 11.0. The van der Waals surface area contributed by atoms with Crippen LogP contribution in [0.2, 0.25) is 0 Å². The number of hydrogen-bond donors (Lipinski definition) is 2. The zero-order valence-corrected chi connectivity index (χ0v) is 19.2. The summed E-state index contributed by atoms with van der Waals surface area (Å²) >= 11 is 0. The van der Waals surface area contributed by atoms with Crippen molar-refractivity contribution >= 4 is 28.4 Å². The van der Waals surface area contributed by atoms with E-state index in [1.54, 1.807) is 48.9 Å². The van der Waals surface area contributed by atoms with E-state index >= 15 is 0 Å². The molecule has 2 aromatic carbocycles. The number of pyridine rings is 1. The largest absolute Gasteiger partial charge is 0.507 e. The minimum atomic E-state index is -0.814. The van der Waals surface area contributed by atoms with Gasteiger partial charge >= 0.3 is 0 Å². The van der Waals surface area contributed by atoms with Crippen LogP contribution in [0.3, 0.4) is 0 Å². The Morgan fingerprint density at radius 2 is 1.83 bits per heavy atom. The van der Waals surface area contributed by atoms with Crippen molar-refractivity contribution in [3.63, 3.8) is 0 Å². The topological polar surface area (TPSA) is 105 Å². The number of ether oxygens (including phenoxy) is 2. The lowest BCUT2D eigenvalue weighted by atomic mass is 9.94. The number of nitrogens with one attached hydrogen (secondary N) is 1. The molecule has 1 amide bonds. The summed E-state index contributed by atoms with van der Waals surface area (Å²) in [5.41, 5.74) is 2.67. The summed E-state index contributed by atoms with van der Waals surface area (Å²) < 4.78 is 10.7. The number of aliphatic hydroxyl groups is 1. The summed E-state index contributed by atoms with van der Waals surface area (Å²) in [5.74, 6) is -0.907. The first-order chi connectivity index (χ1) is 17.0. The zero-order valence-electron chi connectivity index (χ0n) is 19.2. The zero-order chi connectivity index (χ0) is 24.5. The van der Waals surface area contributed by atoms with Crippen molar-refractivity contribution in [1.29, 1.82) is 0 Å². The average Bonchev–Trinajstić information content (AvgIpc) is 3.42. The van der Waals surface area contributed by atoms with Crippen LogP contribution in [-0.2, 0) is 16.1 Å². The summed E-state index contributed by atoms with van der Waals surface area (Å²) in [5, 5.41) is 12.3. The van der Waals surface area contributed by atoms with Crippen LogP contribution in [-0.4, -0.2) is 45.9 Å². The minimum Gasteiger partial charge on any atom is -0.507 e. The van der Waals surface area contributed by atoms with Gasteiger partial charge in [0.2, 0.25) is 0 Å². The standard InChI is InChI=1S/C27H23N3O5/c1-34-17-7-8-19(22(13-17)35-2)25(31)23-24(20-14-29-21-6-4-3-5-18(20)21)30(27(33)26(23)32)15-16-9-11-28-12-10-16/h3-14,24,29,31H,15H2,1-2H3/b25-23+. The Bertz CT molecular complexity index is 1460. The first kappa shape index (κ1) is 22.2. The van der Waals surface area contributed by atoms with Gasteiger partial charge < -0.3 is 24.5 Å². The summed E-state index contributed by atoms with van der Waals surface area (Å²) in [4.78, 5) is 35.4. The van der Waals surface area contributed by atoms with Gasteiger partial charge in [-0.2, -0.15) is 0 Å². The highest BCUT2D eigenvalue weighted by Gasteiger charge is 2.47. The molecule has 1 atom stereocenters. The van der Waals surface area contributed by atoms with Gasteiger partial charge in [0, 0.05) is 47.7 Å². The van der Waals surface area contributed by atoms with Crippen LogP contribution in [0.4, 0.5) is 0 Å². The van der Waals surface area contributed by atoms with E-state index in [2.05, 4.69) is 9.97 Å². The third-order valence-corrected chi connectivity index (χ3v) is 6.22. The fourth-order valence-corrected chi connectivity index (χ4v) is 4.51. The van der Waals surface area contributed by atoms with E-state index in [1.807, 2.05) is 24.3 Å². The van der Waals surface area contributed by atoms with E-state index in [9.17, 15) is 14.7 Å². The van der Waals surface area contributed by atoms with Crippen LogP contribution in [0.1, 0.15) is 22.7 Å². The number of aromatic amines is 1. The molecule has 1 aliphatic rings. The van der Waals surface area contributed by atoms with Crippen molar-refractivity contribution in [2.75, 3.05) is 14.2 Å². The molecule has 1 saturated heterocycles. The minimum absolute atomic E-state index is 0.00252. The molecule has 1 aliphatic heterocycles. The van der Waals surface area contributed by atoms with Crippen molar-refractivity contribution in [3.8, 4) is 11.5 Å². The Morgan fingerprint density at radius 3 is 2.57 bits per heavy atom. The smallest absolute Gasteiger partial charge is 0.295 e. The number of H-pyrrole nitrogens is 1. The number of ketones is 1. The predicted molar refractivity (Wildman–Crippen MR) is 130 cm³/mol. The molecule has 35 heavy (non-hydrogen) atoms. The molecule has 5 rings (SSSR count). The maximum atomic E-state index is 13.4. The first-order valence-electron chi connectivity index (χ1n) is 11.0. The Balaban J connectivity index is 1.72. The van der Waals surface area contributed by atoms with Crippen LogP contribution in [0.5, 0.6) is 11.5 Å². The molecule has 1 unspecified atom stereocenters. The van der Waals surface area contributed by atoms with Crippen molar-refractivity contribution in [1.82, 2.24) is 14.9 Å². The molecule has 0 saturated carbocycles. The maximum absolute atomic E-state index is 13.4. The number of carbonyl (C=O) groups is 2. The molecule has 3 heterocycles. The Hall–Kier alpha value is -4.59. The van der Waals surface area contributed by atoms with Gasteiger partial charge in [0.25, 0.3) is 11.7 Å². The number of amides is 1. The quantitative estimate of drug-likeness (QED) is 0.249. The molecule has 1 fully saturated rings. The van der Waals surface area contributed by atoms with Crippen LogP contribution < -0.4 is 9.47 Å². The van der Waals surface area contributed by atoms with Gasteiger partial charge in [-0.05, 0) is 35.9 Å². The second kappa shape index (κ2) is 8.98. The predicted octanol–water partition coefficient (Wildman–Crippen LogP) is 4.20. The normalized spacial score (nSPS) is 17.2. The van der Waals surface area contributed by atoms with Crippen molar-refractivity contribution in [2.24, 2.45) is 0 Å². The lowest BCUT2D eigenvalue weighted by Crippen LogP contribution is -2.29. The summed E-state index contributed by atoms with van der Waals surface area (Å²) in [7, 11) is 2.99. The van der Waals surface area contributed by atoms with Crippen molar-refractivity contribution < 1.29 is 24.2 Å². The van der Waals surface area contributed by atoms with Crippen LogP contribution in [0.25, 0.3) is 16.7 Å². The van der Waals surface area contributed by atoms with Gasteiger partial charge in [0.15, 0.2) is 0 Å². The third-order valence-electron chi connectivity index (χ3n) is 6.22. The second-order valence-electron chi connectivity index (χ2n) is 8.14. The van der Waals surface area contributed by atoms with E-state index in [0.717, 1.165) is 16.5 Å². The number of carbonyl (C=O) groups excluding carboxylic acids is 2. The molecule has 8 nitrogen and oxygen atoms in total. The Labute approximate surface area is 201 Å². The van der Waals surface area contributed by atoms with Crippen LogP contribution >= 0.6 is 0 Å². The number of hydrogen-bond acceptors (Lipinski definition) is 6. The number of fused-ring (bicyclic) bond motifs is 1. The fourth-order valence-electron chi connectivity index (χ4n) is 4.51. The average molecular weight is 469 g/mol. The lowest BCUT2D eigenvalue weighted by molar-refractivity contribution is -0.140. The molecule has 176 valence electrons. The van der Waals surface area contributed by atoms with E-state index < -0.39 is 17.7 Å². The summed E-state index contributed by atoms with van der Waals surface area (Å²) in [6, 6.07) is 15.3. The van der Waals surface area contributed by atoms with Gasteiger partial charge in [0.1, 0.15) is 17.3 Å². The monoisotopic (exact) mass is 469 g/mol. The van der Waals surface area contributed by atoms with E-state index in [1.165, 1.54) is 19.1 Å². The highest BCUT2D eigenvalue weighted by molar-refractivity contribution is 6.46. The summed E-state index contributed by atoms with van der Waals surface area (Å²) in [6.07, 6.45) is 5.04. The molecule has 8 heteroatoms. The highest BCUT2D eigenvalue weighted by Crippen LogP contribution is 2.44.